The maximum atomic E-state index is 12.2. The first-order valence-corrected chi connectivity index (χ1v) is 6.11. The van der Waals surface area contributed by atoms with Gasteiger partial charge in [0, 0.05) is 20.3 Å². The molecular formula is C15H15N3O2. The van der Waals surface area contributed by atoms with Crippen LogP contribution in [0, 0.1) is 0 Å². The minimum absolute atomic E-state index is 0.164. The molecule has 1 heterocycles. The molecule has 1 aromatic heterocycles. The summed E-state index contributed by atoms with van der Waals surface area (Å²) in [5.41, 5.74) is 0.968. The van der Waals surface area contributed by atoms with Crippen molar-refractivity contribution in [2.24, 2.45) is 0 Å². The molecule has 1 aromatic carbocycles. The Labute approximate surface area is 117 Å². The molecule has 2 amide bonds. The first-order valence-electron chi connectivity index (χ1n) is 6.11. The fourth-order valence-electron chi connectivity index (χ4n) is 1.84. The number of anilines is 2. The molecule has 0 aliphatic carbocycles. The summed E-state index contributed by atoms with van der Waals surface area (Å²) in [6, 6.07) is 12.2. The predicted octanol–water partition coefficient (Wildman–Crippen LogP) is 2.08. The van der Waals surface area contributed by atoms with Crippen molar-refractivity contribution < 1.29 is 9.59 Å². The number of pyridine rings is 1. The number of aromatic nitrogens is 1. The fraction of sp³-hybridized carbons (Fsp3) is 0.133. The van der Waals surface area contributed by atoms with Crippen molar-refractivity contribution in [2.45, 2.75) is 0 Å². The van der Waals surface area contributed by atoms with Crippen LogP contribution in [0.3, 0.4) is 0 Å². The van der Waals surface area contributed by atoms with E-state index in [2.05, 4.69) is 4.98 Å². The summed E-state index contributed by atoms with van der Waals surface area (Å²) in [5, 5.41) is 0. The number of carbonyl (C=O) groups excluding carboxylic acids is 2. The van der Waals surface area contributed by atoms with Gasteiger partial charge >= 0.3 is 0 Å². The second kappa shape index (κ2) is 5.97. The lowest BCUT2D eigenvalue weighted by Gasteiger charge is -2.21. The van der Waals surface area contributed by atoms with Gasteiger partial charge in [0.05, 0.1) is 11.3 Å². The second-order valence-corrected chi connectivity index (χ2v) is 4.38. The van der Waals surface area contributed by atoms with E-state index < -0.39 is 0 Å². The highest BCUT2D eigenvalue weighted by Crippen LogP contribution is 2.26. The van der Waals surface area contributed by atoms with Gasteiger partial charge in [0.15, 0.2) is 0 Å². The Morgan fingerprint density at radius 1 is 1.10 bits per heavy atom. The van der Waals surface area contributed by atoms with Crippen LogP contribution in [0.2, 0.25) is 0 Å². The number of hydrogen-bond acceptors (Lipinski definition) is 3. The van der Waals surface area contributed by atoms with Gasteiger partial charge in [-0.2, -0.15) is 0 Å². The Morgan fingerprint density at radius 3 is 2.40 bits per heavy atom. The van der Waals surface area contributed by atoms with E-state index in [1.54, 1.807) is 62.8 Å². The van der Waals surface area contributed by atoms with Crippen molar-refractivity contribution in [3.05, 3.63) is 54.2 Å². The molecule has 0 radical (unpaired) electrons. The van der Waals surface area contributed by atoms with Crippen LogP contribution in [-0.2, 0) is 4.79 Å². The lowest BCUT2D eigenvalue weighted by molar-refractivity contribution is -0.106. The molecule has 0 aliphatic rings. The van der Waals surface area contributed by atoms with Crippen molar-refractivity contribution >= 4 is 23.8 Å². The van der Waals surface area contributed by atoms with Crippen LogP contribution in [0.15, 0.2) is 48.7 Å². The standard InChI is InChI=1S/C15H15N3O2/c1-17(2)15(20)12-7-3-4-8-13(12)18(11-19)14-9-5-6-10-16-14/h3-11H,1-2H3. The average molecular weight is 269 g/mol. The summed E-state index contributed by atoms with van der Waals surface area (Å²) in [5.74, 6) is 0.310. The van der Waals surface area contributed by atoms with E-state index in [4.69, 9.17) is 0 Å². The van der Waals surface area contributed by atoms with E-state index in [-0.39, 0.29) is 5.91 Å². The van der Waals surface area contributed by atoms with Crippen LogP contribution in [0.1, 0.15) is 10.4 Å². The molecule has 0 saturated carbocycles. The zero-order chi connectivity index (χ0) is 14.5. The summed E-state index contributed by atoms with van der Waals surface area (Å²) in [4.78, 5) is 30.6. The summed E-state index contributed by atoms with van der Waals surface area (Å²) in [6.07, 6.45) is 2.26. The van der Waals surface area contributed by atoms with Gasteiger partial charge in [-0.1, -0.05) is 18.2 Å². The van der Waals surface area contributed by atoms with Crippen molar-refractivity contribution in [2.75, 3.05) is 19.0 Å². The van der Waals surface area contributed by atoms with Gasteiger partial charge in [-0.15, -0.1) is 0 Å². The number of benzene rings is 1. The van der Waals surface area contributed by atoms with Gasteiger partial charge < -0.3 is 4.90 Å². The first kappa shape index (κ1) is 13.7. The predicted molar refractivity (Wildman–Crippen MR) is 76.9 cm³/mol. The van der Waals surface area contributed by atoms with Crippen LogP contribution in [0.25, 0.3) is 0 Å². The molecule has 0 atom stereocenters. The molecule has 2 aromatic rings. The smallest absolute Gasteiger partial charge is 0.255 e. The molecule has 5 heteroatoms. The number of carbonyl (C=O) groups is 2. The SMILES string of the molecule is CN(C)C(=O)c1ccccc1N(C=O)c1ccccn1. The summed E-state index contributed by atoms with van der Waals surface area (Å²) in [6.45, 7) is 0. The van der Waals surface area contributed by atoms with Crippen molar-refractivity contribution in [3.63, 3.8) is 0 Å². The minimum Gasteiger partial charge on any atom is -0.345 e. The summed E-state index contributed by atoms with van der Waals surface area (Å²) in [7, 11) is 3.34. The molecule has 102 valence electrons. The Morgan fingerprint density at radius 2 is 1.80 bits per heavy atom. The summed E-state index contributed by atoms with van der Waals surface area (Å²) < 4.78 is 0. The van der Waals surface area contributed by atoms with E-state index in [0.29, 0.717) is 23.5 Å². The highest BCUT2D eigenvalue weighted by molar-refractivity contribution is 6.03. The first-order chi connectivity index (χ1) is 9.65. The quantitative estimate of drug-likeness (QED) is 0.798. The number of hydrogen-bond donors (Lipinski definition) is 0. The van der Waals surface area contributed by atoms with Gasteiger partial charge in [0.25, 0.3) is 5.91 Å². The normalized spacial score (nSPS) is 9.90. The Hall–Kier alpha value is -2.69. The zero-order valence-electron chi connectivity index (χ0n) is 11.4. The third-order valence-electron chi connectivity index (χ3n) is 2.80. The van der Waals surface area contributed by atoms with Crippen LogP contribution < -0.4 is 4.90 Å². The van der Waals surface area contributed by atoms with Crippen LogP contribution >= 0.6 is 0 Å². The molecule has 2 rings (SSSR count). The average Bonchev–Trinajstić information content (AvgIpc) is 2.49. The number of nitrogens with zero attached hydrogens (tertiary/aromatic N) is 3. The van der Waals surface area contributed by atoms with Gasteiger partial charge in [0.1, 0.15) is 5.82 Å². The highest BCUT2D eigenvalue weighted by Gasteiger charge is 2.18. The van der Waals surface area contributed by atoms with Gasteiger partial charge in [0.2, 0.25) is 6.41 Å². The van der Waals surface area contributed by atoms with Gasteiger partial charge in [-0.25, -0.2) is 4.98 Å². The molecule has 0 fully saturated rings. The monoisotopic (exact) mass is 269 g/mol. The number of para-hydroxylation sites is 1. The van der Waals surface area contributed by atoms with Crippen LogP contribution in [-0.4, -0.2) is 36.3 Å². The molecule has 0 bridgehead atoms. The third kappa shape index (κ3) is 2.66. The number of rotatable bonds is 4. The van der Waals surface area contributed by atoms with Crippen LogP contribution in [0.4, 0.5) is 11.5 Å². The Bertz CT molecular complexity index is 612. The van der Waals surface area contributed by atoms with E-state index in [9.17, 15) is 9.59 Å². The largest absolute Gasteiger partial charge is 0.345 e. The van der Waals surface area contributed by atoms with E-state index in [1.165, 1.54) is 9.80 Å². The molecule has 0 N–H and O–H groups in total. The molecule has 5 nitrogen and oxygen atoms in total. The lowest BCUT2D eigenvalue weighted by atomic mass is 10.1. The number of amides is 2. The van der Waals surface area contributed by atoms with Crippen molar-refractivity contribution in [1.82, 2.24) is 9.88 Å². The zero-order valence-corrected chi connectivity index (χ0v) is 11.4. The molecule has 20 heavy (non-hydrogen) atoms. The second-order valence-electron chi connectivity index (χ2n) is 4.38. The minimum atomic E-state index is -0.164. The topological polar surface area (TPSA) is 53.5 Å². The maximum Gasteiger partial charge on any atom is 0.255 e. The highest BCUT2D eigenvalue weighted by atomic mass is 16.2. The molecule has 0 spiro atoms. The maximum absolute atomic E-state index is 12.2. The Balaban J connectivity index is 2.51. The summed E-state index contributed by atoms with van der Waals surface area (Å²) >= 11 is 0. The fourth-order valence-corrected chi connectivity index (χ4v) is 1.84. The molecule has 0 unspecified atom stereocenters. The van der Waals surface area contributed by atoms with Gasteiger partial charge in [-0.3, -0.25) is 14.5 Å². The van der Waals surface area contributed by atoms with Crippen molar-refractivity contribution in [3.8, 4) is 0 Å². The van der Waals surface area contributed by atoms with Crippen molar-refractivity contribution in [1.29, 1.82) is 0 Å². The van der Waals surface area contributed by atoms with E-state index in [1.807, 2.05) is 0 Å². The van der Waals surface area contributed by atoms with Gasteiger partial charge in [-0.05, 0) is 24.3 Å². The molecular weight excluding hydrogens is 254 g/mol. The van der Waals surface area contributed by atoms with Crippen LogP contribution in [0.5, 0.6) is 0 Å². The van der Waals surface area contributed by atoms with E-state index >= 15 is 0 Å². The molecule has 0 aliphatic heterocycles. The van der Waals surface area contributed by atoms with E-state index in [0.717, 1.165) is 0 Å². The third-order valence-corrected chi connectivity index (χ3v) is 2.80. The Kier molecular flexibility index (Phi) is 4.10. The molecule has 0 saturated heterocycles. The lowest BCUT2D eigenvalue weighted by Crippen LogP contribution is -2.25.